The van der Waals surface area contributed by atoms with E-state index in [9.17, 15) is 4.79 Å². The zero-order valence-corrected chi connectivity index (χ0v) is 20.3. The third kappa shape index (κ3) is 4.76. The smallest absolute Gasteiger partial charge is 0.246 e. The largest absolute Gasteiger partial charge is 0.493 e. The van der Waals surface area contributed by atoms with Crippen molar-refractivity contribution in [2.75, 3.05) is 32.8 Å². The molecule has 5 nitrogen and oxygen atoms in total. The number of hydrogen-bond donors (Lipinski definition) is 0. The highest BCUT2D eigenvalue weighted by atomic mass is 16.5. The number of hydrogen-bond acceptors (Lipinski definition) is 4. The van der Waals surface area contributed by atoms with Gasteiger partial charge in [0.1, 0.15) is 17.1 Å². The summed E-state index contributed by atoms with van der Waals surface area (Å²) in [6.07, 6.45) is 6.23. The third-order valence-electron chi connectivity index (χ3n) is 7.05. The van der Waals surface area contributed by atoms with Crippen molar-refractivity contribution >= 4 is 22.4 Å². The van der Waals surface area contributed by atoms with E-state index in [4.69, 9.17) is 9.15 Å². The fourth-order valence-corrected chi connectivity index (χ4v) is 5.19. The zero-order valence-electron chi connectivity index (χ0n) is 20.3. The van der Waals surface area contributed by atoms with Crippen molar-refractivity contribution in [1.29, 1.82) is 0 Å². The molecule has 1 aliphatic carbocycles. The number of furan rings is 1. The number of rotatable bonds is 6. The molecule has 34 heavy (non-hydrogen) atoms. The van der Waals surface area contributed by atoms with Crippen molar-refractivity contribution < 1.29 is 13.9 Å². The lowest BCUT2D eigenvalue weighted by atomic mass is 9.94. The number of allylic oxidation sites excluding steroid dienone is 1. The molecule has 0 spiro atoms. The van der Waals surface area contributed by atoms with Crippen LogP contribution in [-0.2, 0) is 24.2 Å². The van der Waals surface area contributed by atoms with Gasteiger partial charge in [-0.3, -0.25) is 9.69 Å². The maximum atomic E-state index is 13.1. The monoisotopic (exact) mass is 458 g/mol. The van der Waals surface area contributed by atoms with Crippen molar-refractivity contribution in [3.8, 4) is 5.75 Å². The van der Waals surface area contributed by atoms with Gasteiger partial charge >= 0.3 is 0 Å². The van der Waals surface area contributed by atoms with Gasteiger partial charge in [0.25, 0.3) is 0 Å². The maximum Gasteiger partial charge on any atom is 0.246 e. The molecule has 2 aliphatic rings. The average molecular weight is 459 g/mol. The van der Waals surface area contributed by atoms with Crippen LogP contribution in [0, 0.1) is 0 Å². The Morgan fingerprint density at radius 3 is 2.59 bits per heavy atom. The van der Waals surface area contributed by atoms with E-state index >= 15 is 0 Å². The SMILES string of the molecule is CCOc1cc2oc3c(c2cc1/C(C)=C/C(=O)N1CCN(Cc2ccccc2)CC1)CCCC3. The maximum absolute atomic E-state index is 13.1. The molecule has 1 aliphatic heterocycles. The molecule has 0 N–H and O–H groups in total. The van der Waals surface area contributed by atoms with Gasteiger partial charge in [-0.15, -0.1) is 0 Å². The van der Waals surface area contributed by atoms with E-state index in [1.54, 1.807) is 6.08 Å². The molecule has 5 heteroatoms. The predicted molar refractivity (Wildman–Crippen MR) is 136 cm³/mol. The molecule has 5 rings (SSSR count). The first kappa shape index (κ1) is 22.7. The Morgan fingerprint density at radius 1 is 1.06 bits per heavy atom. The molecule has 0 unspecified atom stereocenters. The summed E-state index contributed by atoms with van der Waals surface area (Å²) in [5, 5.41) is 1.17. The molecule has 1 aromatic heterocycles. The third-order valence-corrected chi connectivity index (χ3v) is 7.05. The van der Waals surface area contributed by atoms with E-state index in [0.717, 1.165) is 73.8 Å². The lowest BCUT2D eigenvalue weighted by molar-refractivity contribution is -0.127. The normalized spacial score (nSPS) is 17.1. The predicted octanol–water partition coefficient (Wildman–Crippen LogP) is 5.46. The van der Waals surface area contributed by atoms with Crippen LogP contribution in [-0.4, -0.2) is 48.5 Å². The average Bonchev–Trinajstić information content (AvgIpc) is 3.22. The van der Waals surface area contributed by atoms with Gasteiger partial charge in [0.05, 0.1) is 6.61 Å². The van der Waals surface area contributed by atoms with Crippen LogP contribution >= 0.6 is 0 Å². The van der Waals surface area contributed by atoms with Crippen LogP contribution in [0.3, 0.4) is 0 Å². The Balaban J connectivity index is 1.32. The van der Waals surface area contributed by atoms with E-state index < -0.39 is 0 Å². The number of amides is 1. The highest BCUT2D eigenvalue weighted by molar-refractivity contribution is 5.97. The van der Waals surface area contributed by atoms with Gasteiger partial charge in [-0.2, -0.15) is 0 Å². The molecule has 1 amide bonds. The van der Waals surface area contributed by atoms with Crippen LogP contribution in [0.1, 0.15) is 49.1 Å². The quantitative estimate of drug-likeness (QED) is 0.460. The summed E-state index contributed by atoms with van der Waals surface area (Å²) in [6, 6.07) is 14.7. The van der Waals surface area contributed by atoms with Gasteiger partial charge in [-0.1, -0.05) is 30.3 Å². The molecular formula is C29H34N2O3. The molecule has 2 heterocycles. The number of ether oxygens (including phenoxy) is 1. The van der Waals surface area contributed by atoms with Gasteiger partial charge < -0.3 is 14.1 Å². The first-order valence-corrected chi connectivity index (χ1v) is 12.6. The fourth-order valence-electron chi connectivity index (χ4n) is 5.19. The Morgan fingerprint density at radius 2 is 1.82 bits per heavy atom. The Kier molecular flexibility index (Phi) is 6.73. The van der Waals surface area contributed by atoms with E-state index in [-0.39, 0.29) is 5.91 Å². The number of nitrogens with zero attached hydrogens (tertiary/aromatic N) is 2. The number of carbonyl (C=O) groups is 1. The van der Waals surface area contributed by atoms with Crippen LogP contribution in [0.5, 0.6) is 5.75 Å². The number of fused-ring (bicyclic) bond motifs is 3. The zero-order chi connectivity index (χ0) is 23.5. The van der Waals surface area contributed by atoms with Gasteiger partial charge in [0.2, 0.25) is 5.91 Å². The first-order chi connectivity index (χ1) is 16.6. The summed E-state index contributed by atoms with van der Waals surface area (Å²) >= 11 is 0. The number of carbonyl (C=O) groups excluding carboxylic acids is 1. The number of aryl methyl sites for hydroxylation is 2. The van der Waals surface area contributed by atoms with E-state index in [0.29, 0.717) is 6.61 Å². The summed E-state index contributed by atoms with van der Waals surface area (Å²) in [7, 11) is 0. The molecule has 0 bridgehead atoms. The minimum Gasteiger partial charge on any atom is -0.493 e. The van der Waals surface area contributed by atoms with Gasteiger partial charge in [0.15, 0.2) is 0 Å². The van der Waals surface area contributed by atoms with Crippen molar-refractivity contribution in [1.82, 2.24) is 9.80 Å². The molecule has 0 saturated carbocycles. The van der Waals surface area contributed by atoms with Crippen molar-refractivity contribution in [2.24, 2.45) is 0 Å². The molecule has 3 aromatic rings. The lowest BCUT2D eigenvalue weighted by Crippen LogP contribution is -2.47. The van der Waals surface area contributed by atoms with E-state index in [1.807, 2.05) is 30.9 Å². The minimum absolute atomic E-state index is 0.0774. The molecule has 178 valence electrons. The second-order valence-corrected chi connectivity index (χ2v) is 9.40. The summed E-state index contributed by atoms with van der Waals surface area (Å²) < 4.78 is 12.1. The second kappa shape index (κ2) is 10.1. The van der Waals surface area contributed by atoms with Crippen LogP contribution in [0.15, 0.2) is 53.0 Å². The molecular weight excluding hydrogens is 424 g/mol. The Bertz CT molecular complexity index is 1190. The lowest BCUT2D eigenvalue weighted by Gasteiger charge is -2.34. The van der Waals surface area contributed by atoms with Crippen LogP contribution in [0.2, 0.25) is 0 Å². The van der Waals surface area contributed by atoms with E-state index in [2.05, 4.69) is 35.2 Å². The van der Waals surface area contributed by atoms with E-state index in [1.165, 1.54) is 29.4 Å². The second-order valence-electron chi connectivity index (χ2n) is 9.40. The summed E-state index contributed by atoms with van der Waals surface area (Å²) in [5.74, 6) is 1.98. The molecule has 1 fully saturated rings. The topological polar surface area (TPSA) is 45.9 Å². The number of piperazine rings is 1. The van der Waals surface area contributed by atoms with Gasteiger partial charge in [-0.05, 0) is 50.3 Å². The summed E-state index contributed by atoms with van der Waals surface area (Å²) in [4.78, 5) is 17.5. The van der Waals surface area contributed by atoms with Crippen molar-refractivity contribution in [3.05, 3.63) is 71.0 Å². The summed E-state index contributed by atoms with van der Waals surface area (Å²) in [6.45, 7) is 8.80. The highest BCUT2D eigenvalue weighted by Crippen LogP contribution is 2.38. The standard InChI is InChI=1S/C29H34N2O3/c1-3-33-27-19-28-25(23-11-7-8-12-26(23)34-28)18-24(27)21(2)17-29(32)31-15-13-30(14-16-31)20-22-9-5-4-6-10-22/h4-6,9-10,17-19H,3,7-8,11-16,20H2,1-2H3/b21-17+. The first-order valence-electron chi connectivity index (χ1n) is 12.6. The minimum atomic E-state index is 0.0774. The molecule has 0 radical (unpaired) electrons. The van der Waals surface area contributed by atoms with Crippen molar-refractivity contribution in [2.45, 2.75) is 46.1 Å². The summed E-state index contributed by atoms with van der Waals surface area (Å²) in [5.41, 5.74) is 5.47. The molecule has 2 aromatic carbocycles. The Labute approximate surface area is 202 Å². The van der Waals surface area contributed by atoms with Crippen molar-refractivity contribution in [3.63, 3.8) is 0 Å². The van der Waals surface area contributed by atoms with Crippen LogP contribution < -0.4 is 4.74 Å². The molecule has 1 saturated heterocycles. The number of benzene rings is 2. The van der Waals surface area contributed by atoms with Crippen LogP contribution in [0.4, 0.5) is 0 Å². The van der Waals surface area contributed by atoms with Gasteiger partial charge in [0, 0.05) is 67.8 Å². The Hall–Kier alpha value is -3.05. The van der Waals surface area contributed by atoms with Crippen LogP contribution in [0.25, 0.3) is 16.5 Å². The highest BCUT2D eigenvalue weighted by Gasteiger charge is 2.22. The molecule has 0 atom stereocenters. The van der Waals surface area contributed by atoms with Gasteiger partial charge in [-0.25, -0.2) is 0 Å². The fraction of sp³-hybridized carbons (Fsp3) is 0.414.